The van der Waals surface area contributed by atoms with Crippen LogP contribution in [0.2, 0.25) is 0 Å². The van der Waals surface area contributed by atoms with Crippen LogP contribution in [0, 0.1) is 12.7 Å². The largest absolute Gasteiger partial charge is 0.481 e. The van der Waals surface area contributed by atoms with E-state index in [-0.39, 0.29) is 5.82 Å². The molecule has 0 bridgehead atoms. The molecular weight excluding hydrogens is 319 g/mol. The fourth-order valence-electron chi connectivity index (χ4n) is 2.82. The Morgan fingerprint density at radius 3 is 2.38 bits per heavy atom. The minimum absolute atomic E-state index is 0.190. The maximum Gasteiger partial charge on any atom is 0.174 e. The smallest absolute Gasteiger partial charge is 0.174 e. The van der Waals surface area contributed by atoms with Crippen LogP contribution in [0.25, 0.3) is 21.6 Å². The van der Waals surface area contributed by atoms with Gasteiger partial charge in [-0.15, -0.1) is 0 Å². The molecule has 3 aromatic rings. The molecule has 1 nitrogen and oxygen atoms in total. The van der Waals surface area contributed by atoms with Gasteiger partial charge in [0.05, 0.1) is 6.10 Å². The van der Waals surface area contributed by atoms with Gasteiger partial charge in [-0.05, 0) is 61.6 Å². The number of aryl methyl sites for hydroxylation is 1. The fourth-order valence-corrected chi connectivity index (χ4v) is 3.77. The second kappa shape index (κ2) is 6.40. The van der Waals surface area contributed by atoms with Crippen molar-refractivity contribution in [2.45, 2.75) is 32.3 Å². The summed E-state index contributed by atoms with van der Waals surface area (Å²) in [5, 5.41) is 0.886. The summed E-state index contributed by atoms with van der Waals surface area (Å²) in [6.45, 7) is 2.05. The van der Waals surface area contributed by atoms with E-state index in [4.69, 9.17) is 4.74 Å². The molecule has 0 unspecified atom stereocenters. The lowest BCUT2D eigenvalue weighted by Crippen LogP contribution is -2.23. The monoisotopic (exact) mass is 338 g/mol. The summed E-state index contributed by atoms with van der Waals surface area (Å²) >= 11 is 1.52. The summed E-state index contributed by atoms with van der Waals surface area (Å²) in [7, 11) is 0. The quantitative estimate of drug-likeness (QED) is 0.530. The average Bonchev–Trinajstić information content (AvgIpc) is 3.00. The van der Waals surface area contributed by atoms with Crippen LogP contribution in [-0.2, 0) is 0 Å². The molecule has 1 aliphatic rings. The number of rotatable bonds is 4. The van der Waals surface area contributed by atoms with Crippen LogP contribution in [0.1, 0.15) is 24.8 Å². The zero-order valence-electron chi connectivity index (χ0n) is 13.6. The molecule has 0 saturated heterocycles. The molecule has 1 saturated carbocycles. The van der Waals surface area contributed by atoms with Crippen LogP contribution < -0.4 is 4.74 Å². The van der Waals surface area contributed by atoms with Gasteiger partial charge >= 0.3 is 0 Å². The zero-order valence-corrected chi connectivity index (χ0v) is 14.4. The predicted octanol–water partition coefficient (Wildman–Crippen LogP) is 6.46. The molecule has 0 aliphatic heterocycles. The summed E-state index contributed by atoms with van der Waals surface area (Å²) in [5.74, 6) is -0.190. The second-order valence-electron chi connectivity index (χ2n) is 6.35. The van der Waals surface area contributed by atoms with Crippen LogP contribution in [-0.4, -0.2) is 6.10 Å². The van der Waals surface area contributed by atoms with Gasteiger partial charge in [-0.25, -0.2) is 4.39 Å². The van der Waals surface area contributed by atoms with E-state index in [1.165, 1.54) is 23.3 Å². The van der Waals surface area contributed by atoms with Gasteiger partial charge in [0.15, 0.2) is 5.06 Å². The van der Waals surface area contributed by atoms with E-state index >= 15 is 0 Å². The topological polar surface area (TPSA) is 9.23 Å². The van der Waals surface area contributed by atoms with Crippen LogP contribution in [0.5, 0.6) is 5.06 Å². The van der Waals surface area contributed by atoms with Crippen LogP contribution in [0.15, 0.2) is 54.6 Å². The highest BCUT2D eigenvalue weighted by molar-refractivity contribution is 7.17. The van der Waals surface area contributed by atoms with E-state index in [0.717, 1.165) is 33.9 Å². The van der Waals surface area contributed by atoms with E-state index in [1.807, 2.05) is 55.5 Å². The van der Waals surface area contributed by atoms with Gasteiger partial charge in [0.25, 0.3) is 0 Å². The summed E-state index contributed by atoms with van der Waals surface area (Å²) in [6, 6.07) is 17.5. The highest BCUT2D eigenvalue weighted by atomic mass is 32.1. The number of halogens is 1. The maximum atomic E-state index is 14.6. The molecule has 1 heterocycles. The SMILES string of the molecule is Cc1ccc(-c2ccc(-c3ccc(OC4CCC4)s3)c(F)c2)cc1. The Bertz CT molecular complexity index is 847. The molecule has 0 N–H and O–H groups in total. The van der Waals surface area contributed by atoms with Crippen molar-refractivity contribution < 1.29 is 9.13 Å². The molecule has 0 radical (unpaired) electrons. The van der Waals surface area contributed by atoms with E-state index in [0.29, 0.717) is 11.7 Å². The normalized spacial score (nSPS) is 14.4. The minimum atomic E-state index is -0.190. The molecule has 3 heteroatoms. The molecule has 2 aromatic carbocycles. The predicted molar refractivity (Wildman–Crippen MR) is 98.2 cm³/mol. The molecule has 1 aliphatic carbocycles. The number of hydrogen-bond acceptors (Lipinski definition) is 2. The van der Waals surface area contributed by atoms with Crippen LogP contribution in [0.4, 0.5) is 4.39 Å². The lowest BCUT2D eigenvalue weighted by atomic mass is 9.96. The highest BCUT2D eigenvalue weighted by Crippen LogP contribution is 2.37. The average molecular weight is 338 g/mol. The van der Waals surface area contributed by atoms with Crippen molar-refractivity contribution in [1.29, 1.82) is 0 Å². The number of hydrogen-bond donors (Lipinski definition) is 0. The van der Waals surface area contributed by atoms with Crippen molar-refractivity contribution in [1.82, 2.24) is 0 Å². The number of ether oxygens (including phenoxy) is 1. The molecule has 0 spiro atoms. The molecular formula is C21H19FOS. The molecule has 0 amide bonds. The minimum Gasteiger partial charge on any atom is -0.481 e. The molecule has 122 valence electrons. The molecule has 0 atom stereocenters. The molecule has 24 heavy (non-hydrogen) atoms. The Hall–Kier alpha value is -2.13. The van der Waals surface area contributed by atoms with Gasteiger partial charge in [-0.1, -0.05) is 47.2 Å². The standard InChI is InChI=1S/C21H19FOS/c1-14-5-7-15(8-6-14)16-9-10-18(19(22)13-16)20-11-12-21(24-20)23-17-3-2-4-17/h5-13,17H,2-4H2,1H3. The van der Waals surface area contributed by atoms with Crippen molar-refractivity contribution in [3.8, 4) is 26.6 Å². The van der Waals surface area contributed by atoms with Crippen molar-refractivity contribution in [3.05, 3.63) is 66.0 Å². The fraction of sp³-hybridized carbons (Fsp3) is 0.238. The van der Waals surface area contributed by atoms with Gasteiger partial charge in [0, 0.05) is 10.4 Å². The summed E-state index contributed by atoms with van der Waals surface area (Å²) < 4.78 is 20.5. The third kappa shape index (κ3) is 3.09. The second-order valence-corrected chi connectivity index (χ2v) is 7.40. The summed E-state index contributed by atoms with van der Waals surface area (Å²) in [6.07, 6.45) is 3.86. The summed E-state index contributed by atoms with van der Waals surface area (Å²) in [4.78, 5) is 0.914. The van der Waals surface area contributed by atoms with Gasteiger partial charge < -0.3 is 4.74 Å². The molecule has 1 aromatic heterocycles. The first kappa shape index (κ1) is 15.4. The third-order valence-electron chi connectivity index (χ3n) is 4.54. The number of thiophene rings is 1. The first-order valence-corrected chi connectivity index (χ1v) is 9.14. The van der Waals surface area contributed by atoms with Gasteiger partial charge in [-0.3, -0.25) is 0 Å². The van der Waals surface area contributed by atoms with E-state index < -0.39 is 0 Å². The van der Waals surface area contributed by atoms with Crippen LogP contribution in [0.3, 0.4) is 0 Å². The first-order chi connectivity index (χ1) is 11.7. The summed E-state index contributed by atoms with van der Waals surface area (Å²) in [5.41, 5.74) is 3.78. The Morgan fingerprint density at radius 2 is 1.71 bits per heavy atom. The Labute approximate surface area is 145 Å². The van der Waals surface area contributed by atoms with Gasteiger partial charge in [0.1, 0.15) is 5.82 Å². The van der Waals surface area contributed by atoms with Gasteiger partial charge in [-0.2, -0.15) is 0 Å². The molecule has 1 fully saturated rings. The maximum absolute atomic E-state index is 14.6. The van der Waals surface area contributed by atoms with Gasteiger partial charge in [0.2, 0.25) is 0 Å². The lowest BCUT2D eigenvalue weighted by Gasteiger charge is -2.25. The van der Waals surface area contributed by atoms with E-state index in [9.17, 15) is 4.39 Å². The van der Waals surface area contributed by atoms with E-state index in [2.05, 4.69) is 0 Å². The van der Waals surface area contributed by atoms with Crippen molar-refractivity contribution in [2.24, 2.45) is 0 Å². The van der Waals surface area contributed by atoms with Crippen molar-refractivity contribution >= 4 is 11.3 Å². The van der Waals surface area contributed by atoms with Crippen LogP contribution >= 0.6 is 11.3 Å². The number of benzene rings is 2. The first-order valence-electron chi connectivity index (χ1n) is 8.32. The Morgan fingerprint density at radius 1 is 0.958 bits per heavy atom. The zero-order chi connectivity index (χ0) is 16.5. The highest BCUT2D eigenvalue weighted by Gasteiger charge is 2.20. The lowest BCUT2D eigenvalue weighted by molar-refractivity contribution is 0.125. The van der Waals surface area contributed by atoms with Crippen molar-refractivity contribution in [3.63, 3.8) is 0 Å². The Balaban J connectivity index is 1.58. The Kier molecular flexibility index (Phi) is 4.11. The third-order valence-corrected chi connectivity index (χ3v) is 5.55. The van der Waals surface area contributed by atoms with E-state index in [1.54, 1.807) is 6.07 Å². The molecule has 4 rings (SSSR count). The van der Waals surface area contributed by atoms with Crippen molar-refractivity contribution in [2.75, 3.05) is 0 Å².